The van der Waals surface area contributed by atoms with Crippen LogP contribution in [0.15, 0.2) is 18.2 Å². The van der Waals surface area contributed by atoms with Gasteiger partial charge in [-0.2, -0.15) is 5.10 Å². The van der Waals surface area contributed by atoms with Gasteiger partial charge in [-0.25, -0.2) is 8.78 Å². The van der Waals surface area contributed by atoms with Crippen LogP contribution in [0.5, 0.6) is 0 Å². The summed E-state index contributed by atoms with van der Waals surface area (Å²) in [6.07, 6.45) is -0.970. The minimum absolute atomic E-state index is 0.0423. The summed E-state index contributed by atoms with van der Waals surface area (Å²) in [6.45, 7) is 1.76. The normalized spacial score (nSPS) is 12.7. The second-order valence-corrected chi connectivity index (χ2v) is 4.72. The summed E-state index contributed by atoms with van der Waals surface area (Å²) in [5.41, 5.74) is 1.37. The molecule has 19 heavy (non-hydrogen) atoms. The molecule has 0 aliphatic rings. The summed E-state index contributed by atoms with van der Waals surface area (Å²) in [5, 5.41) is 14.6. The van der Waals surface area contributed by atoms with Crippen molar-refractivity contribution in [2.45, 2.75) is 19.4 Å². The summed E-state index contributed by atoms with van der Waals surface area (Å²) in [5.74, 6) is -1.45. The second kappa shape index (κ2) is 5.27. The van der Waals surface area contributed by atoms with Gasteiger partial charge in [-0.15, -0.1) is 0 Å². The molecule has 0 saturated heterocycles. The van der Waals surface area contributed by atoms with Gasteiger partial charge in [-0.1, -0.05) is 17.7 Å². The van der Waals surface area contributed by atoms with E-state index in [-0.39, 0.29) is 12.0 Å². The quantitative estimate of drug-likeness (QED) is 0.942. The lowest BCUT2D eigenvalue weighted by Crippen LogP contribution is -2.05. The van der Waals surface area contributed by atoms with Crippen molar-refractivity contribution in [1.82, 2.24) is 9.78 Å². The minimum atomic E-state index is -1.10. The van der Waals surface area contributed by atoms with Crippen molar-refractivity contribution in [2.24, 2.45) is 7.05 Å². The van der Waals surface area contributed by atoms with Gasteiger partial charge in [-0.05, 0) is 13.0 Å². The highest BCUT2D eigenvalue weighted by Crippen LogP contribution is 2.27. The van der Waals surface area contributed by atoms with Crippen molar-refractivity contribution in [3.05, 3.63) is 51.8 Å². The van der Waals surface area contributed by atoms with Crippen molar-refractivity contribution >= 4 is 11.6 Å². The Kier molecular flexibility index (Phi) is 3.87. The van der Waals surface area contributed by atoms with E-state index < -0.39 is 17.7 Å². The molecule has 1 aromatic carbocycles. The number of halogens is 3. The Bertz CT molecular complexity index is 613. The van der Waals surface area contributed by atoms with E-state index >= 15 is 0 Å². The summed E-state index contributed by atoms with van der Waals surface area (Å²) in [6, 6.07) is 3.09. The molecule has 0 amide bonds. The van der Waals surface area contributed by atoms with Crippen LogP contribution in [0.1, 0.15) is 22.9 Å². The smallest absolute Gasteiger partial charge is 0.131 e. The molecule has 0 saturated carbocycles. The highest BCUT2D eigenvalue weighted by Gasteiger charge is 2.19. The van der Waals surface area contributed by atoms with Gasteiger partial charge in [0.15, 0.2) is 0 Å². The molecular weight excluding hydrogens is 274 g/mol. The van der Waals surface area contributed by atoms with Crippen molar-refractivity contribution in [2.75, 3.05) is 0 Å². The molecule has 1 aromatic heterocycles. The van der Waals surface area contributed by atoms with Crippen LogP contribution in [-0.4, -0.2) is 14.9 Å². The molecule has 0 fully saturated rings. The standard InChI is InChI=1S/C13H13ClF2N2O/c1-7-10(13(14)18(2)17-7)6-12(19)9-4-3-8(15)5-11(9)16/h3-5,12,19H,6H2,1-2H3. The third-order valence-electron chi connectivity index (χ3n) is 2.99. The first kappa shape index (κ1) is 14.0. The van der Waals surface area contributed by atoms with Crippen molar-refractivity contribution in [3.8, 4) is 0 Å². The lowest BCUT2D eigenvalue weighted by molar-refractivity contribution is 0.173. The zero-order valence-corrected chi connectivity index (χ0v) is 11.2. The van der Waals surface area contributed by atoms with Gasteiger partial charge in [-0.3, -0.25) is 4.68 Å². The van der Waals surface area contributed by atoms with Crippen LogP contribution in [0.3, 0.4) is 0 Å². The largest absolute Gasteiger partial charge is 0.388 e. The van der Waals surface area contributed by atoms with Gasteiger partial charge in [0, 0.05) is 30.7 Å². The molecule has 1 atom stereocenters. The van der Waals surface area contributed by atoms with E-state index in [1.165, 1.54) is 10.7 Å². The molecule has 102 valence electrons. The fourth-order valence-corrected chi connectivity index (χ4v) is 2.23. The van der Waals surface area contributed by atoms with Crippen LogP contribution in [0, 0.1) is 18.6 Å². The van der Waals surface area contributed by atoms with Gasteiger partial charge in [0.25, 0.3) is 0 Å². The van der Waals surface area contributed by atoms with Gasteiger partial charge in [0.05, 0.1) is 11.8 Å². The first-order valence-corrected chi connectivity index (χ1v) is 6.09. The summed E-state index contributed by atoms with van der Waals surface area (Å²) in [7, 11) is 1.68. The Labute approximate surface area is 114 Å². The van der Waals surface area contributed by atoms with E-state index in [1.807, 2.05) is 0 Å². The van der Waals surface area contributed by atoms with E-state index in [0.29, 0.717) is 16.4 Å². The van der Waals surface area contributed by atoms with Crippen LogP contribution in [-0.2, 0) is 13.5 Å². The number of aromatic nitrogens is 2. The summed E-state index contributed by atoms with van der Waals surface area (Å²) in [4.78, 5) is 0. The predicted octanol–water partition coefficient (Wildman–Crippen LogP) is 2.94. The van der Waals surface area contributed by atoms with E-state index in [0.717, 1.165) is 12.1 Å². The number of hydrogen-bond acceptors (Lipinski definition) is 2. The monoisotopic (exact) mass is 286 g/mol. The highest BCUT2D eigenvalue weighted by molar-refractivity contribution is 6.30. The molecule has 0 radical (unpaired) electrons. The fourth-order valence-electron chi connectivity index (χ4n) is 1.98. The average molecular weight is 287 g/mol. The van der Waals surface area contributed by atoms with Crippen LogP contribution in [0.25, 0.3) is 0 Å². The van der Waals surface area contributed by atoms with Crippen molar-refractivity contribution < 1.29 is 13.9 Å². The number of aryl methyl sites for hydroxylation is 2. The van der Waals surface area contributed by atoms with E-state index in [1.54, 1.807) is 14.0 Å². The number of rotatable bonds is 3. The third kappa shape index (κ3) is 2.77. The van der Waals surface area contributed by atoms with Gasteiger partial charge in [0.2, 0.25) is 0 Å². The number of aliphatic hydroxyl groups excluding tert-OH is 1. The molecule has 1 unspecified atom stereocenters. The molecule has 0 aliphatic carbocycles. The van der Waals surface area contributed by atoms with Crippen molar-refractivity contribution in [3.63, 3.8) is 0 Å². The fraction of sp³-hybridized carbons (Fsp3) is 0.308. The van der Waals surface area contributed by atoms with Crippen LogP contribution in [0.2, 0.25) is 5.15 Å². The van der Waals surface area contributed by atoms with E-state index in [9.17, 15) is 13.9 Å². The molecule has 1 heterocycles. The van der Waals surface area contributed by atoms with Crippen molar-refractivity contribution in [1.29, 1.82) is 0 Å². The predicted molar refractivity (Wildman–Crippen MR) is 68.0 cm³/mol. The summed E-state index contributed by atoms with van der Waals surface area (Å²) >= 11 is 6.05. The Morgan fingerprint density at radius 2 is 2.11 bits per heavy atom. The first-order valence-electron chi connectivity index (χ1n) is 5.71. The second-order valence-electron chi connectivity index (χ2n) is 4.36. The Morgan fingerprint density at radius 3 is 2.63 bits per heavy atom. The molecule has 2 rings (SSSR count). The lowest BCUT2D eigenvalue weighted by atomic mass is 10.0. The van der Waals surface area contributed by atoms with Crippen LogP contribution < -0.4 is 0 Å². The Hall–Kier alpha value is -1.46. The van der Waals surface area contributed by atoms with Crippen LogP contribution >= 0.6 is 11.6 Å². The molecule has 6 heteroatoms. The Morgan fingerprint density at radius 1 is 1.42 bits per heavy atom. The molecule has 2 aromatic rings. The molecule has 3 nitrogen and oxygen atoms in total. The number of hydrogen-bond donors (Lipinski definition) is 1. The maximum absolute atomic E-state index is 13.6. The number of benzene rings is 1. The average Bonchev–Trinajstić information content (AvgIpc) is 2.56. The molecule has 0 spiro atoms. The number of nitrogens with zero attached hydrogens (tertiary/aromatic N) is 2. The highest BCUT2D eigenvalue weighted by atomic mass is 35.5. The number of aliphatic hydroxyl groups is 1. The molecular formula is C13H13ClF2N2O. The zero-order valence-electron chi connectivity index (χ0n) is 10.5. The summed E-state index contributed by atoms with van der Waals surface area (Å²) < 4.78 is 27.9. The van der Waals surface area contributed by atoms with Gasteiger partial charge < -0.3 is 5.11 Å². The maximum Gasteiger partial charge on any atom is 0.131 e. The topological polar surface area (TPSA) is 38.0 Å². The molecule has 0 aliphatic heterocycles. The van der Waals surface area contributed by atoms with E-state index in [2.05, 4.69) is 5.10 Å². The third-order valence-corrected chi connectivity index (χ3v) is 3.46. The molecule has 0 bridgehead atoms. The first-order chi connectivity index (χ1) is 8.90. The molecule has 1 N–H and O–H groups in total. The maximum atomic E-state index is 13.6. The minimum Gasteiger partial charge on any atom is -0.388 e. The van der Waals surface area contributed by atoms with Gasteiger partial charge >= 0.3 is 0 Å². The SMILES string of the molecule is Cc1nn(C)c(Cl)c1CC(O)c1ccc(F)cc1F. The van der Waals surface area contributed by atoms with Gasteiger partial charge in [0.1, 0.15) is 16.8 Å². The Balaban J connectivity index is 2.28. The van der Waals surface area contributed by atoms with E-state index in [4.69, 9.17) is 11.6 Å². The lowest BCUT2D eigenvalue weighted by Gasteiger charge is -2.12. The zero-order chi connectivity index (χ0) is 14.2. The van der Waals surface area contributed by atoms with Crippen LogP contribution in [0.4, 0.5) is 8.78 Å².